The van der Waals surface area contributed by atoms with Crippen LogP contribution in [0.15, 0.2) is 24.3 Å². The zero-order valence-electron chi connectivity index (χ0n) is 10.5. The van der Waals surface area contributed by atoms with E-state index in [0.717, 1.165) is 27.8 Å². The fourth-order valence-corrected chi connectivity index (χ4v) is 3.34. The summed E-state index contributed by atoms with van der Waals surface area (Å²) in [6.07, 6.45) is 1.49. The number of aromatic nitrogens is 1. The van der Waals surface area contributed by atoms with Gasteiger partial charge in [0.05, 0.1) is 5.69 Å². The Bertz CT molecular complexity index is 619. The smallest absolute Gasteiger partial charge is 0.312 e. The molecule has 1 aromatic carbocycles. The van der Waals surface area contributed by atoms with Crippen molar-refractivity contribution in [1.82, 2.24) is 4.98 Å². The maximum absolute atomic E-state index is 11.1. The largest absolute Gasteiger partial charge is 0.481 e. The van der Waals surface area contributed by atoms with Gasteiger partial charge in [0, 0.05) is 10.6 Å². The lowest BCUT2D eigenvalue weighted by Gasteiger charge is -2.04. The molecule has 0 bridgehead atoms. The van der Waals surface area contributed by atoms with E-state index in [9.17, 15) is 4.79 Å². The fraction of sp³-hybridized carbons (Fsp3) is 0.286. The third-order valence-electron chi connectivity index (χ3n) is 3.32. The molecule has 0 radical (unpaired) electrons. The van der Waals surface area contributed by atoms with E-state index in [0.29, 0.717) is 6.42 Å². The molecule has 2 N–H and O–H groups in total. The number of nitrogens with zero attached hydrogens (tertiary/aromatic N) is 1. The van der Waals surface area contributed by atoms with Crippen molar-refractivity contribution in [2.75, 3.05) is 5.32 Å². The average molecular weight is 274 g/mol. The summed E-state index contributed by atoms with van der Waals surface area (Å²) in [7, 11) is 0. The molecular weight excluding hydrogens is 260 g/mol. The molecule has 0 aliphatic heterocycles. The van der Waals surface area contributed by atoms with Crippen molar-refractivity contribution in [3.05, 3.63) is 40.4 Å². The normalized spacial score (nSPS) is 17.2. The number of benzene rings is 1. The first-order chi connectivity index (χ1) is 9.13. The number of nitrogens with one attached hydrogen (secondary N) is 1. The van der Waals surface area contributed by atoms with Crippen LogP contribution < -0.4 is 5.32 Å². The predicted molar refractivity (Wildman–Crippen MR) is 75.3 cm³/mol. The Morgan fingerprint density at radius 1 is 1.42 bits per heavy atom. The van der Waals surface area contributed by atoms with E-state index >= 15 is 0 Å². The molecule has 0 spiro atoms. The Balaban J connectivity index is 1.82. The van der Waals surface area contributed by atoms with Gasteiger partial charge in [-0.25, -0.2) is 4.98 Å². The Morgan fingerprint density at radius 3 is 2.84 bits per heavy atom. The Kier molecular flexibility index (Phi) is 2.98. The van der Waals surface area contributed by atoms with E-state index in [4.69, 9.17) is 5.11 Å². The second kappa shape index (κ2) is 4.66. The van der Waals surface area contributed by atoms with Gasteiger partial charge < -0.3 is 10.4 Å². The van der Waals surface area contributed by atoms with Gasteiger partial charge in [-0.1, -0.05) is 17.7 Å². The van der Waals surface area contributed by atoms with Crippen molar-refractivity contribution in [2.24, 2.45) is 0 Å². The molecule has 1 aromatic heterocycles. The molecule has 1 unspecified atom stereocenters. The Hall–Kier alpha value is -1.88. The molecule has 4 nitrogen and oxygen atoms in total. The minimum absolute atomic E-state index is 0.431. The minimum atomic E-state index is -0.772. The highest BCUT2D eigenvalue weighted by Gasteiger charge is 2.32. The van der Waals surface area contributed by atoms with Crippen LogP contribution in [0.1, 0.15) is 28.5 Å². The molecule has 3 rings (SSSR count). The third-order valence-corrected chi connectivity index (χ3v) is 4.36. The lowest BCUT2D eigenvalue weighted by atomic mass is 10.1. The summed E-state index contributed by atoms with van der Waals surface area (Å²) in [5, 5.41) is 13.1. The van der Waals surface area contributed by atoms with Gasteiger partial charge in [0.25, 0.3) is 0 Å². The molecule has 0 fully saturated rings. The topological polar surface area (TPSA) is 62.2 Å². The van der Waals surface area contributed by atoms with E-state index in [1.807, 2.05) is 31.2 Å². The highest BCUT2D eigenvalue weighted by atomic mass is 32.1. The van der Waals surface area contributed by atoms with E-state index in [-0.39, 0.29) is 0 Å². The second-order valence-corrected chi connectivity index (χ2v) is 5.83. The number of aryl methyl sites for hydroxylation is 2. The average Bonchev–Trinajstić information content (AvgIpc) is 2.91. The highest BCUT2D eigenvalue weighted by Crippen LogP contribution is 2.39. The molecule has 1 heterocycles. The summed E-state index contributed by atoms with van der Waals surface area (Å²) >= 11 is 1.56. The molecule has 1 atom stereocenters. The van der Waals surface area contributed by atoms with E-state index in [2.05, 4.69) is 10.3 Å². The van der Waals surface area contributed by atoms with Crippen LogP contribution >= 0.6 is 11.3 Å². The number of carboxylic acids is 1. The molecule has 19 heavy (non-hydrogen) atoms. The zero-order chi connectivity index (χ0) is 13.4. The SMILES string of the molecule is Cc1ccc(Nc2nc3c(s2)CCC3C(=O)O)cc1. The van der Waals surface area contributed by atoms with Crippen molar-refractivity contribution in [1.29, 1.82) is 0 Å². The predicted octanol–water partition coefficient (Wildman–Crippen LogP) is 3.31. The summed E-state index contributed by atoms with van der Waals surface area (Å²) in [6, 6.07) is 8.06. The van der Waals surface area contributed by atoms with Crippen LogP contribution in [0.5, 0.6) is 0 Å². The first-order valence-corrected chi connectivity index (χ1v) is 7.01. The molecule has 0 amide bonds. The summed E-state index contributed by atoms with van der Waals surface area (Å²) in [4.78, 5) is 16.7. The molecule has 1 aliphatic rings. The Morgan fingerprint density at radius 2 is 2.16 bits per heavy atom. The van der Waals surface area contributed by atoms with Crippen molar-refractivity contribution >= 4 is 28.1 Å². The monoisotopic (exact) mass is 274 g/mol. The first kappa shape index (κ1) is 12.2. The lowest BCUT2D eigenvalue weighted by Crippen LogP contribution is -2.08. The van der Waals surface area contributed by atoms with Gasteiger partial charge in [0.1, 0.15) is 5.92 Å². The summed E-state index contributed by atoms with van der Waals surface area (Å²) in [5.74, 6) is -1.20. The van der Waals surface area contributed by atoms with Crippen LogP contribution in [0.4, 0.5) is 10.8 Å². The number of fused-ring (bicyclic) bond motifs is 1. The number of hydrogen-bond acceptors (Lipinski definition) is 4. The number of anilines is 2. The maximum Gasteiger partial charge on any atom is 0.312 e. The first-order valence-electron chi connectivity index (χ1n) is 6.19. The van der Waals surface area contributed by atoms with Crippen LogP contribution in [0.3, 0.4) is 0 Å². The van der Waals surface area contributed by atoms with E-state index in [1.54, 1.807) is 11.3 Å². The van der Waals surface area contributed by atoms with E-state index < -0.39 is 11.9 Å². The lowest BCUT2D eigenvalue weighted by molar-refractivity contribution is -0.138. The second-order valence-electron chi connectivity index (χ2n) is 4.75. The molecule has 0 saturated carbocycles. The number of hydrogen-bond donors (Lipinski definition) is 2. The zero-order valence-corrected chi connectivity index (χ0v) is 11.3. The van der Waals surface area contributed by atoms with Crippen LogP contribution in [-0.2, 0) is 11.2 Å². The highest BCUT2D eigenvalue weighted by molar-refractivity contribution is 7.15. The maximum atomic E-state index is 11.1. The van der Waals surface area contributed by atoms with Crippen LogP contribution in [0.25, 0.3) is 0 Å². The van der Waals surface area contributed by atoms with Gasteiger partial charge in [-0.3, -0.25) is 4.79 Å². The van der Waals surface area contributed by atoms with Gasteiger partial charge in [-0.05, 0) is 31.9 Å². The molecule has 5 heteroatoms. The molecule has 1 aliphatic carbocycles. The van der Waals surface area contributed by atoms with Gasteiger partial charge in [0.15, 0.2) is 5.13 Å². The quantitative estimate of drug-likeness (QED) is 0.901. The van der Waals surface area contributed by atoms with Crippen molar-refractivity contribution in [3.8, 4) is 0 Å². The van der Waals surface area contributed by atoms with E-state index in [1.165, 1.54) is 5.56 Å². The summed E-state index contributed by atoms with van der Waals surface area (Å²) < 4.78 is 0. The van der Waals surface area contributed by atoms with Gasteiger partial charge in [0.2, 0.25) is 0 Å². The molecule has 2 aromatic rings. The van der Waals surface area contributed by atoms with Crippen molar-refractivity contribution < 1.29 is 9.90 Å². The molecule has 98 valence electrons. The minimum Gasteiger partial charge on any atom is -0.481 e. The number of carboxylic acid groups (broad SMARTS) is 1. The van der Waals surface area contributed by atoms with Crippen molar-refractivity contribution in [3.63, 3.8) is 0 Å². The summed E-state index contributed by atoms with van der Waals surface area (Å²) in [5.41, 5.74) is 2.93. The van der Waals surface area contributed by atoms with Crippen LogP contribution in [0, 0.1) is 6.92 Å². The number of aliphatic carboxylic acids is 1. The Labute approximate surface area is 115 Å². The number of carbonyl (C=O) groups is 1. The number of thiazole rings is 1. The van der Waals surface area contributed by atoms with Gasteiger partial charge >= 0.3 is 5.97 Å². The van der Waals surface area contributed by atoms with Gasteiger partial charge in [-0.2, -0.15) is 0 Å². The van der Waals surface area contributed by atoms with Crippen LogP contribution in [0.2, 0.25) is 0 Å². The molecule has 0 saturated heterocycles. The third kappa shape index (κ3) is 2.33. The van der Waals surface area contributed by atoms with Crippen LogP contribution in [-0.4, -0.2) is 16.1 Å². The standard InChI is InChI=1S/C14H14N2O2S/c1-8-2-4-9(5-3-8)15-14-16-12-10(13(17)18)6-7-11(12)19-14/h2-5,10H,6-7H2,1H3,(H,15,16)(H,17,18). The number of rotatable bonds is 3. The van der Waals surface area contributed by atoms with Crippen molar-refractivity contribution in [2.45, 2.75) is 25.7 Å². The van der Waals surface area contributed by atoms with Gasteiger partial charge in [-0.15, -0.1) is 11.3 Å². The fourth-order valence-electron chi connectivity index (χ4n) is 2.28. The summed E-state index contributed by atoms with van der Waals surface area (Å²) in [6.45, 7) is 2.04. The molecular formula is C14H14N2O2S.